The van der Waals surface area contributed by atoms with Gasteiger partial charge in [0.2, 0.25) is 17.7 Å². The Kier molecular flexibility index (Phi) is 3.56. The number of nitrogens with one attached hydrogen (secondary N) is 1. The summed E-state index contributed by atoms with van der Waals surface area (Å²) in [6, 6.07) is 4.84. The standard InChI is InChI=1S/C15H17N3O4/c19-11-9-15(14(22)16-11)5-8-18(10-15)13(21)4-7-17-6-2-1-3-12(17)20/h1-3,6H,4-5,7-10H2,(H,16,19,22)/t15-/m0/s1. The Balaban J connectivity index is 1.61. The molecule has 2 aliphatic heterocycles. The van der Waals surface area contributed by atoms with Gasteiger partial charge in [0.15, 0.2) is 0 Å². The molecular weight excluding hydrogens is 286 g/mol. The van der Waals surface area contributed by atoms with Crippen molar-refractivity contribution in [1.82, 2.24) is 14.8 Å². The third-order valence-electron chi connectivity index (χ3n) is 4.41. The Morgan fingerprint density at radius 2 is 2.09 bits per heavy atom. The monoisotopic (exact) mass is 303 g/mol. The van der Waals surface area contributed by atoms with Gasteiger partial charge >= 0.3 is 0 Å². The lowest BCUT2D eigenvalue weighted by atomic mass is 9.85. The highest BCUT2D eigenvalue weighted by Gasteiger charge is 2.51. The van der Waals surface area contributed by atoms with Crippen molar-refractivity contribution in [3.63, 3.8) is 0 Å². The molecule has 22 heavy (non-hydrogen) atoms. The maximum Gasteiger partial charge on any atom is 0.250 e. The fraction of sp³-hybridized carbons (Fsp3) is 0.467. The van der Waals surface area contributed by atoms with E-state index in [0.717, 1.165) is 0 Å². The summed E-state index contributed by atoms with van der Waals surface area (Å²) >= 11 is 0. The first-order chi connectivity index (χ1) is 10.5. The van der Waals surface area contributed by atoms with E-state index >= 15 is 0 Å². The van der Waals surface area contributed by atoms with Crippen LogP contribution in [-0.2, 0) is 20.9 Å². The molecule has 3 rings (SSSR count). The van der Waals surface area contributed by atoms with Crippen molar-refractivity contribution < 1.29 is 14.4 Å². The van der Waals surface area contributed by atoms with E-state index in [4.69, 9.17) is 0 Å². The molecule has 0 aliphatic carbocycles. The van der Waals surface area contributed by atoms with Crippen LogP contribution in [0, 0.1) is 5.41 Å². The Hall–Kier alpha value is -2.44. The molecule has 3 heterocycles. The molecule has 1 aromatic heterocycles. The van der Waals surface area contributed by atoms with E-state index in [1.807, 2.05) is 0 Å². The maximum absolute atomic E-state index is 12.3. The second-order valence-corrected chi connectivity index (χ2v) is 5.88. The number of imide groups is 1. The third-order valence-corrected chi connectivity index (χ3v) is 4.41. The van der Waals surface area contributed by atoms with Gasteiger partial charge in [-0.1, -0.05) is 6.07 Å². The molecule has 0 unspecified atom stereocenters. The second-order valence-electron chi connectivity index (χ2n) is 5.88. The summed E-state index contributed by atoms with van der Waals surface area (Å²) in [7, 11) is 0. The quantitative estimate of drug-likeness (QED) is 0.763. The Bertz CT molecular complexity index is 696. The highest BCUT2D eigenvalue weighted by molar-refractivity contribution is 6.06. The van der Waals surface area contributed by atoms with Gasteiger partial charge in [-0.05, 0) is 12.5 Å². The van der Waals surface area contributed by atoms with Crippen LogP contribution in [0.2, 0.25) is 0 Å². The first-order valence-corrected chi connectivity index (χ1v) is 7.28. The summed E-state index contributed by atoms with van der Waals surface area (Å²) in [5.74, 6) is -0.637. The predicted molar refractivity (Wildman–Crippen MR) is 76.7 cm³/mol. The van der Waals surface area contributed by atoms with Gasteiger partial charge in [0, 0.05) is 44.7 Å². The number of pyridine rings is 1. The fourth-order valence-corrected chi connectivity index (χ4v) is 3.13. The Morgan fingerprint density at radius 3 is 2.77 bits per heavy atom. The molecule has 0 saturated carbocycles. The number of aromatic nitrogens is 1. The van der Waals surface area contributed by atoms with Crippen molar-refractivity contribution >= 4 is 17.7 Å². The Morgan fingerprint density at radius 1 is 1.27 bits per heavy atom. The van der Waals surface area contributed by atoms with Gasteiger partial charge in [-0.2, -0.15) is 0 Å². The number of amides is 3. The SMILES string of the molecule is O=C1C[C@]2(CCN(C(=O)CCn3ccccc3=O)C2)C(=O)N1. The second kappa shape index (κ2) is 5.40. The van der Waals surface area contributed by atoms with Crippen molar-refractivity contribution in [2.75, 3.05) is 13.1 Å². The topological polar surface area (TPSA) is 88.5 Å². The number of nitrogens with zero attached hydrogens (tertiary/aromatic N) is 2. The molecule has 7 nitrogen and oxygen atoms in total. The number of aryl methyl sites for hydroxylation is 1. The summed E-state index contributed by atoms with van der Waals surface area (Å²) in [4.78, 5) is 48.7. The molecule has 0 aromatic carbocycles. The third kappa shape index (κ3) is 2.54. The van der Waals surface area contributed by atoms with Crippen LogP contribution in [0.25, 0.3) is 0 Å². The molecule has 3 amide bonds. The van der Waals surface area contributed by atoms with Crippen molar-refractivity contribution in [1.29, 1.82) is 0 Å². The molecule has 2 saturated heterocycles. The highest BCUT2D eigenvalue weighted by Crippen LogP contribution is 2.37. The number of carbonyl (C=O) groups excluding carboxylic acids is 3. The summed E-state index contributed by atoms with van der Waals surface area (Å²) < 4.78 is 1.48. The van der Waals surface area contributed by atoms with E-state index < -0.39 is 5.41 Å². The molecule has 1 atom stereocenters. The van der Waals surface area contributed by atoms with Crippen molar-refractivity contribution in [2.24, 2.45) is 5.41 Å². The van der Waals surface area contributed by atoms with Gasteiger partial charge in [0.1, 0.15) is 0 Å². The zero-order valence-corrected chi connectivity index (χ0v) is 12.1. The van der Waals surface area contributed by atoms with Gasteiger partial charge in [-0.25, -0.2) is 0 Å². The molecular formula is C15H17N3O4. The number of carbonyl (C=O) groups is 3. The van der Waals surface area contributed by atoms with Crippen LogP contribution in [0.1, 0.15) is 19.3 Å². The summed E-state index contributed by atoms with van der Waals surface area (Å²) in [5, 5.41) is 2.31. The number of likely N-dealkylation sites (tertiary alicyclic amines) is 1. The fourth-order valence-electron chi connectivity index (χ4n) is 3.13. The van der Waals surface area contributed by atoms with Crippen LogP contribution in [0.4, 0.5) is 0 Å². The molecule has 1 aromatic rings. The first kappa shape index (κ1) is 14.5. The normalized spacial score (nSPS) is 24.1. The van der Waals surface area contributed by atoms with Crippen LogP contribution >= 0.6 is 0 Å². The average molecular weight is 303 g/mol. The lowest BCUT2D eigenvalue weighted by molar-refractivity contribution is -0.132. The van der Waals surface area contributed by atoms with Crippen molar-refractivity contribution in [3.8, 4) is 0 Å². The van der Waals surface area contributed by atoms with Crippen LogP contribution < -0.4 is 10.9 Å². The van der Waals surface area contributed by atoms with Gasteiger partial charge in [0.25, 0.3) is 5.56 Å². The molecule has 2 aliphatic rings. The van der Waals surface area contributed by atoms with E-state index in [-0.39, 0.29) is 42.7 Å². The molecule has 0 bridgehead atoms. The summed E-state index contributed by atoms with van der Waals surface area (Å²) in [5.41, 5.74) is -0.884. The minimum atomic E-state index is -0.740. The van der Waals surface area contributed by atoms with Gasteiger partial charge in [-0.15, -0.1) is 0 Å². The molecule has 0 radical (unpaired) electrons. The summed E-state index contributed by atoms with van der Waals surface area (Å²) in [6.45, 7) is 1.07. The zero-order chi connectivity index (χ0) is 15.7. The number of rotatable bonds is 3. The lowest BCUT2D eigenvalue weighted by Gasteiger charge is -2.20. The first-order valence-electron chi connectivity index (χ1n) is 7.28. The zero-order valence-electron chi connectivity index (χ0n) is 12.1. The number of hydrogen-bond donors (Lipinski definition) is 1. The molecule has 7 heteroatoms. The van der Waals surface area contributed by atoms with E-state index in [2.05, 4.69) is 5.32 Å². The smallest absolute Gasteiger partial charge is 0.250 e. The molecule has 1 N–H and O–H groups in total. The molecule has 116 valence electrons. The minimum absolute atomic E-state index is 0.0974. The minimum Gasteiger partial charge on any atom is -0.342 e. The molecule has 1 spiro atoms. The largest absolute Gasteiger partial charge is 0.342 e. The van der Waals surface area contributed by atoms with Gasteiger partial charge in [0.05, 0.1) is 5.41 Å². The van der Waals surface area contributed by atoms with Gasteiger partial charge in [-0.3, -0.25) is 24.5 Å². The summed E-state index contributed by atoms with van der Waals surface area (Å²) in [6.07, 6.45) is 2.52. The van der Waals surface area contributed by atoms with E-state index in [9.17, 15) is 19.2 Å². The maximum atomic E-state index is 12.3. The molecule has 2 fully saturated rings. The van der Waals surface area contributed by atoms with E-state index in [0.29, 0.717) is 19.5 Å². The van der Waals surface area contributed by atoms with E-state index in [1.165, 1.54) is 10.6 Å². The van der Waals surface area contributed by atoms with Crippen LogP contribution in [0.3, 0.4) is 0 Å². The lowest BCUT2D eigenvalue weighted by Crippen LogP contribution is -2.37. The van der Waals surface area contributed by atoms with E-state index in [1.54, 1.807) is 23.2 Å². The van der Waals surface area contributed by atoms with Gasteiger partial charge < -0.3 is 9.47 Å². The number of hydrogen-bond acceptors (Lipinski definition) is 4. The van der Waals surface area contributed by atoms with Crippen molar-refractivity contribution in [3.05, 3.63) is 34.7 Å². The average Bonchev–Trinajstić information content (AvgIpc) is 3.02. The van der Waals surface area contributed by atoms with Crippen molar-refractivity contribution in [2.45, 2.75) is 25.8 Å². The van der Waals surface area contributed by atoms with Crippen LogP contribution in [0.15, 0.2) is 29.2 Å². The predicted octanol–water partition coefficient (Wildman–Crippen LogP) is -0.496. The van der Waals surface area contributed by atoms with Crippen LogP contribution in [0.5, 0.6) is 0 Å². The highest BCUT2D eigenvalue weighted by atomic mass is 16.2. The Labute approximate surface area is 126 Å². The van der Waals surface area contributed by atoms with Crippen LogP contribution in [-0.4, -0.2) is 40.3 Å².